The number of nitrogens with one attached hydrogen (secondary N) is 2. The van der Waals surface area contributed by atoms with Crippen LogP contribution in [-0.4, -0.2) is 17.4 Å². The maximum atomic E-state index is 13.3. The molecule has 4 heteroatoms. The van der Waals surface area contributed by atoms with Gasteiger partial charge >= 0.3 is 0 Å². The monoisotopic (exact) mass is 282 g/mol. The number of carbonyl (C=O) groups excluding carboxylic acids is 1. The molecule has 3 nitrogen and oxygen atoms in total. The van der Waals surface area contributed by atoms with E-state index in [1.165, 1.54) is 17.7 Å². The fourth-order valence-electron chi connectivity index (χ4n) is 2.34. The molecule has 3 aromatic rings. The summed E-state index contributed by atoms with van der Waals surface area (Å²) in [4.78, 5) is 15.1. The smallest absolute Gasteiger partial charge is 0.253 e. The maximum absolute atomic E-state index is 13.3. The van der Waals surface area contributed by atoms with Gasteiger partial charge in [-0.05, 0) is 30.2 Å². The van der Waals surface area contributed by atoms with Crippen molar-refractivity contribution in [3.8, 4) is 0 Å². The van der Waals surface area contributed by atoms with Crippen LogP contribution in [0.25, 0.3) is 10.9 Å². The Morgan fingerprint density at radius 3 is 2.76 bits per heavy atom. The molecule has 0 saturated carbocycles. The molecule has 0 aliphatic heterocycles. The van der Waals surface area contributed by atoms with Gasteiger partial charge in [0.05, 0.1) is 5.56 Å². The summed E-state index contributed by atoms with van der Waals surface area (Å²) in [6.07, 6.45) is 2.38. The van der Waals surface area contributed by atoms with Crippen LogP contribution in [0, 0.1) is 5.82 Å². The Morgan fingerprint density at radius 1 is 1.14 bits per heavy atom. The van der Waals surface area contributed by atoms with E-state index in [0.29, 0.717) is 17.5 Å². The Bertz CT molecular complexity index is 765. The number of amides is 1. The lowest BCUT2D eigenvalue weighted by molar-refractivity contribution is 0.0956. The van der Waals surface area contributed by atoms with Crippen LogP contribution in [0.3, 0.4) is 0 Å². The van der Waals surface area contributed by atoms with Crippen molar-refractivity contribution in [1.29, 1.82) is 0 Å². The molecule has 1 amide bonds. The number of aromatic amines is 1. The highest BCUT2D eigenvalue weighted by Crippen LogP contribution is 2.19. The number of fused-ring (bicyclic) bond motifs is 1. The molecule has 0 bridgehead atoms. The van der Waals surface area contributed by atoms with Gasteiger partial charge in [-0.3, -0.25) is 4.79 Å². The third kappa shape index (κ3) is 2.94. The molecule has 0 spiro atoms. The molecule has 1 heterocycles. The average molecular weight is 282 g/mol. The van der Waals surface area contributed by atoms with Gasteiger partial charge in [-0.15, -0.1) is 0 Å². The molecule has 0 atom stereocenters. The topological polar surface area (TPSA) is 44.9 Å². The minimum atomic E-state index is -0.347. The van der Waals surface area contributed by atoms with E-state index in [0.717, 1.165) is 11.9 Å². The van der Waals surface area contributed by atoms with Crippen molar-refractivity contribution in [3.05, 3.63) is 71.7 Å². The van der Waals surface area contributed by atoms with Gasteiger partial charge in [0.2, 0.25) is 0 Å². The molecule has 21 heavy (non-hydrogen) atoms. The molecule has 0 aliphatic rings. The van der Waals surface area contributed by atoms with Crippen molar-refractivity contribution in [3.63, 3.8) is 0 Å². The Hall–Kier alpha value is -2.62. The number of rotatable bonds is 4. The number of aromatic nitrogens is 1. The summed E-state index contributed by atoms with van der Waals surface area (Å²) in [6.45, 7) is 0.546. The van der Waals surface area contributed by atoms with Crippen molar-refractivity contribution in [2.45, 2.75) is 6.42 Å². The first-order valence-corrected chi connectivity index (χ1v) is 6.83. The summed E-state index contributed by atoms with van der Waals surface area (Å²) in [7, 11) is 0. The average Bonchev–Trinajstić information content (AvgIpc) is 2.91. The minimum absolute atomic E-state index is 0.192. The lowest BCUT2D eigenvalue weighted by Crippen LogP contribution is -2.25. The summed E-state index contributed by atoms with van der Waals surface area (Å²) < 4.78 is 13.3. The van der Waals surface area contributed by atoms with Crippen LogP contribution in [-0.2, 0) is 6.42 Å². The van der Waals surface area contributed by atoms with E-state index in [9.17, 15) is 9.18 Å². The van der Waals surface area contributed by atoms with Crippen molar-refractivity contribution in [2.75, 3.05) is 6.54 Å². The Balaban J connectivity index is 1.68. The van der Waals surface area contributed by atoms with E-state index in [1.807, 2.05) is 30.3 Å². The highest BCUT2D eigenvalue weighted by atomic mass is 19.1. The number of benzene rings is 2. The fourth-order valence-corrected chi connectivity index (χ4v) is 2.34. The summed E-state index contributed by atoms with van der Waals surface area (Å²) in [5.74, 6) is -0.539. The zero-order valence-electron chi connectivity index (χ0n) is 11.4. The van der Waals surface area contributed by atoms with Crippen molar-refractivity contribution in [2.24, 2.45) is 0 Å². The zero-order valence-corrected chi connectivity index (χ0v) is 11.4. The molecule has 3 rings (SSSR count). The molecule has 0 saturated heterocycles. The van der Waals surface area contributed by atoms with Gasteiger partial charge in [0, 0.05) is 23.6 Å². The van der Waals surface area contributed by atoms with Crippen molar-refractivity contribution < 1.29 is 9.18 Å². The normalized spacial score (nSPS) is 10.7. The minimum Gasteiger partial charge on any atom is -0.360 e. The summed E-state index contributed by atoms with van der Waals surface area (Å²) in [5, 5.41) is 3.47. The number of H-pyrrole nitrogens is 1. The quantitative estimate of drug-likeness (QED) is 0.758. The SMILES string of the molecule is O=C(NCCc1ccccc1)c1c[nH]c2ccc(F)cc12. The van der Waals surface area contributed by atoms with Gasteiger partial charge in [-0.25, -0.2) is 4.39 Å². The summed E-state index contributed by atoms with van der Waals surface area (Å²) >= 11 is 0. The summed E-state index contributed by atoms with van der Waals surface area (Å²) in [6, 6.07) is 14.3. The van der Waals surface area contributed by atoms with E-state index in [-0.39, 0.29) is 11.7 Å². The predicted octanol–water partition coefficient (Wildman–Crippen LogP) is 3.28. The maximum Gasteiger partial charge on any atom is 0.253 e. The van der Waals surface area contributed by atoms with Gasteiger partial charge in [0.25, 0.3) is 5.91 Å². The first-order chi connectivity index (χ1) is 10.2. The first-order valence-electron chi connectivity index (χ1n) is 6.83. The second kappa shape index (κ2) is 5.79. The molecule has 0 radical (unpaired) electrons. The van der Waals surface area contributed by atoms with Crippen LogP contribution in [0.2, 0.25) is 0 Å². The fraction of sp³-hybridized carbons (Fsp3) is 0.118. The number of hydrogen-bond acceptors (Lipinski definition) is 1. The van der Waals surface area contributed by atoms with Crippen LogP contribution in [0.15, 0.2) is 54.7 Å². The third-order valence-corrected chi connectivity index (χ3v) is 3.43. The van der Waals surface area contributed by atoms with Gasteiger partial charge in [-0.1, -0.05) is 30.3 Å². The first kappa shape index (κ1) is 13.4. The van der Waals surface area contributed by atoms with Crippen LogP contribution in [0.4, 0.5) is 4.39 Å². The predicted molar refractivity (Wildman–Crippen MR) is 80.7 cm³/mol. The van der Waals surface area contributed by atoms with E-state index >= 15 is 0 Å². The molecule has 0 fully saturated rings. The second-order valence-corrected chi connectivity index (χ2v) is 4.88. The molecular weight excluding hydrogens is 267 g/mol. The zero-order chi connectivity index (χ0) is 14.7. The lowest BCUT2D eigenvalue weighted by Gasteiger charge is -2.04. The number of hydrogen-bond donors (Lipinski definition) is 2. The third-order valence-electron chi connectivity index (χ3n) is 3.43. The van der Waals surface area contributed by atoms with Gasteiger partial charge in [0.1, 0.15) is 5.82 Å². The number of halogens is 1. The standard InChI is InChI=1S/C17H15FN2O/c18-13-6-7-16-14(10-13)15(11-20-16)17(21)19-9-8-12-4-2-1-3-5-12/h1-7,10-11,20H,8-9H2,(H,19,21). The second-order valence-electron chi connectivity index (χ2n) is 4.88. The van der Waals surface area contributed by atoms with E-state index in [4.69, 9.17) is 0 Å². The van der Waals surface area contributed by atoms with E-state index < -0.39 is 0 Å². The van der Waals surface area contributed by atoms with Crippen LogP contribution in [0.1, 0.15) is 15.9 Å². The van der Waals surface area contributed by atoms with Crippen molar-refractivity contribution in [1.82, 2.24) is 10.3 Å². The molecule has 1 aromatic heterocycles. The van der Waals surface area contributed by atoms with Gasteiger partial charge in [0.15, 0.2) is 0 Å². The molecule has 0 aliphatic carbocycles. The Labute approximate surface area is 121 Å². The van der Waals surface area contributed by atoms with Crippen LogP contribution in [0.5, 0.6) is 0 Å². The van der Waals surface area contributed by atoms with E-state index in [2.05, 4.69) is 10.3 Å². The summed E-state index contributed by atoms with van der Waals surface area (Å²) in [5.41, 5.74) is 2.39. The highest BCUT2D eigenvalue weighted by molar-refractivity contribution is 6.06. The Kier molecular flexibility index (Phi) is 3.69. The van der Waals surface area contributed by atoms with Crippen LogP contribution >= 0.6 is 0 Å². The highest BCUT2D eigenvalue weighted by Gasteiger charge is 2.12. The van der Waals surface area contributed by atoms with Crippen molar-refractivity contribution >= 4 is 16.8 Å². The van der Waals surface area contributed by atoms with Gasteiger partial charge in [-0.2, -0.15) is 0 Å². The molecular formula is C17H15FN2O. The largest absolute Gasteiger partial charge is 0.360 e. The molecule has 0 unspecified atom stereocenters. The van der Waals surface area contributed by atoms with Crippen LogP contribution < -0.4 is 5.32 Å². The Morgan fingerprint density at radius 2 is 1.95 bits per heavy atom. The molecule has 2 aromatic carbocycles. The van der Waals surface area contributed by atoms with E-state index in [1.54, 1.807) is 12.3 Å². The molecule has 106 valence electrons. The number of carbonyl (C=O) groups is 1. The van der Waals surface area contributed by atoms with Gasteiger partial charge < -0.3 is 10.3 Å². The lowest BCUT2D eigenvalue weighted by atomic mass is 10.1. The molecule has 2 N–H and O–H groups in total.